The van der Waals surface area contributed by atoms with Crippen molar-refractivity contribution in [3.05, 3.63) is 26.8 Å². The van der Waals surface area contributed by atoms with Crippen molar-refractivity contribution in [1.29, 1.82) is 0 Å². The van der Waals surface area contributed by atoms with Crippen LogP contribution in [0.15, 0.2) is 16.2 Å². The first-order chi connectivity index (χ1) is 6.20. The molecule has 0 aliphatic carbocycles. The molecule has 6 heteroatoms. The van der Waals surface area contributed by atoms with Gasteiger partial charge in [-0.25, -0.2) is 4.79 Å². The van der Waals surface area contributed by atoms with E-state index in [0.29, 0.717) is 0 Å². The van der Waals surface area contributed by atoms with Gasteiger partial charge in [-0.2, -0.15) is 9.36 Å². The number of rotatable bonds is 1. The van der Waals surface area contributed by atoms with Gasteiger partial charge in [0.25, 0.3) is 0 Å². The van der Waals surface area contributed by atoms with Gasteiger partial charge < -0.3 is 0 Å². The minimum absolute atomic E-state index is 0.221. The third-order valence-electron chi connectivity index (χ3n) is 1.78. The van der Waals surface area contributed by atoms with Crippen LogP contribution in [0.1, 0.15) is 4.88 Å². The molecule has 0 aliphatic rings. The molecular formula is C7H8N4OS. The molecule has 0 saturated carbocycles. The van der Waals surface area contributed by atoms with Gasteiger partial charge in [-0.3, -0.25) is 0 Å². The van der Waals surface area contributed by atoms with Gasteiger partial charge in [-0.05, 0) is 28.8 Å². The van der Waals surface area contributed by atoms with Crippen molar-refractivity contribution in [2.45, 2.75) is 6.92 Å². The van der Waals surface area contributed by atoms with E-state index in [1.54, 1.807) is 18.4 Å². The molecule has 0 amide bonds. The molecule has 2 aromatic rings. The lowest BCUT2D eigenvalue weighted by Gasteiger charge is -1.93. The summed E-state index contributed by atoms with van der Waals surface area (Å²) in [5, 5.41) is 9.30. The van der Waals surface area contributed by atoms with Crippen LogP contribution >= 0.6 is 11.3 Å². The van der Waals surface area contributed by atoms with E-state index in [-0.39, 0.29) is 5.69 Å². The number of aromatic nitrogens is 4. The fourth-order valence-corrected chi connectivity index (χ4v) is 1.74. The fourth-order valence-electron chi connectivity index (χ4n) is 1.06. The van der Waals surface area contributed by atoms with Crippen molar-refractivity contribution >= 4 is 11.3 Å². The van der Waals surface area contributed by atoms with E-state index in [0.717, 1.165) is 10.6 Å². The summed E-state index contributed by atoms with van der Waals surface area (Å²) in [4.78, 5) is 12.5. The van der Waals surface area contributed by atoms with E-state index in [1.807, 2.05) is 18.4 Å². The van der Waals surface area contributed by atoms with Crippen LogP contribution in [0.2, 0.25) is 0 Å². The summed E-state index contributed by atoms with van der Waals surface area (Å²) in [6.07, 6.45) is 0. The van der Waals surface area contributed by atoms with Crippen LogP contribution in [0, 0.1) is 6.92 Å². The Kier molecular flexibility index (Phi) is 1.77. The van der Waals surface area contributed by atoms with Crippen LogP contribution in [0.25, 0.3) is 5.69 Å². The minimum atomic E-state index is -0.221. The molecule has 13 heavy (non-hydrogen) atoms. The minimum Gasteiger partial charge on any atom is -0.244 e. The Hall–Kier alpha value is -1.43. The Morgan fingerprint density at radius 1 is 1.46 bits per heavy atom. The number of nitrogens with zero attached hydrogens (tertiary/aromatic N) is 4. The maximum Gasteiger partial charge on any atom is 0.368 e. The highest BCUT2D eigenvalue weighted by atomic mass is 32.1. The Bertz CT molecular complexity index is 481. The van der Waals surface area contributed by atoms with Crippen LogP contribution < -0.4 is 5.69 Å². The molecule has 2 rings (SSSR count). The lowest BCUT2D eigenvalue weighted by Crippen LogP contribution is -2.21. The summed E-state index contributed by atoms with van der Waals surface area (Å²) in [7, 11) is 1.58. The van der Waals surface area contributed by atoms with Gasteiger partial charge in [0.05, 0.1) is 5.69 Å². The molecule has 0 N–H and O–H groups in total. The molecule has 0 aliphatic heterocycles. The first-order valence-corrected chi connectivity index (χ1v) is 4.61. The molecular weight excluding hydrogens is 188 g/mol. The highest BCUT2D eigenvalue weighted by Gasteiger charge is 2.08. The third kappa shape index (κ3) is 1.19. The zero-order chi connectivity index (χ0) is 9.42. The highest BCUT2D eigenvalue weighted by molar-refractivity contribution is 7.10. The molecule has 5 nitrogen and oxygen atoms in total. The van der Waals surface area contributed by atoms with Gasteiger partial charge in [0.2, 0.25) is 0 Å². The monoisotopic (exact) mass is 196 g/mol. The second kappa shape index (κ2) is 2.81. The van der Waals surface area contributed by atoms with E-state index < -0.39 is 0 Å². The molecule has 0 atom stereocenters. The summed E-state index contributed by atoms with van der Waals surface area (Å²) in [6.45, 7) is 1.95. The molecule has 2 aromatic heterocycles. The predicted molar refractivity (Wildman–Crippen MR) is 49.2 cm³/mol. The highest BCUT2D eigenvalue weighted by Crippen LogP contribution is 2.16. The van der Waals surface area contributed by atoms with E-state index >= 15 is 0 Å². The van der Waals surface area contributed by atoms with Crippen LogP contribution in [0.5, 0.6) is 0 Å². The van der Waals surface area contributed by atoms with E-state index in [2.05, 4.69) is 10.4 Å². The third-order valence-corrected chi connectivity index (χ3v) is 2.62. The first kappa shape index (κ1) is 8.18. The Morgan fingerprint density at radius 3 is 2.69 bits per heavy atom. The quantitative estimate of drug-likeness (QED) is 0.660. The van der Waals surface area contributed by atoms with Crippen LogP contribution in [-0.4, -0.2) is 19.8 Å². The molecule has 0 fully saturated rings. The fraction of sp³-hybridized carbons (Fsp3) is 0.286. The van der Waals surface area contributed by atoms with E-state index in [4.69, 9.17) is 0 Å². The average molecular weight is 196 g/mol. The normalized spacial score (nSPS) is 10.6. The zero-order valence-electron chi connectivity index (χ0n) is 7.26. The molecule has 2 heterocycles. The SMILES string of the molecule is Cc1sccc1-n1nnn(C)c1=O. The second-order valence-electron chi connectivity index (χ2n) is 2.66. The Balaban J connectivity index is 2.66. The Labute approximate surface area is 78.2 Å². The molecule has 0 saturated heterocycles. The summed E-state index contributed by atoms with van der Waals surface area (Å²) in [6, 6.07) is 1.86. The van der Waals surface area contributed by atoms with Gasteiger partial charge in [-0.1, -0.05) is 0 Å². The maximum absolute atomic E-state index is 11.4. The van der Waals surface area contributed by atoms with Crippen LogP contribution in [0.3, 0.4) is 0 Å². The molecule has 0 bridgehead atoms. The van der Waals surface area contributed by atoms with Crippen LogP contribution in [-0.2, 0) is 7.05 Å². The van der Waals surface area contributed by atoms with Crippen molar-refractivity contribution in [3.8, 4) is 5.69 Å². The van der Waals surface area contributed by atoms with Gasteiger partial charge in [-0.15, -0.1) is 11.3 Å². The largest absolute Gasteiger partial charge is 0.368 e. The summed E-state index contributed by atoms with van der Waals surface area (Å²) >= 11 is 1.58. The van der Waals surface area contributed by atoms with Crippen LogP contribution in [0.4, 0.5) is 0 Å². The van der Waals surface area contributed by atoms with Gasteiger partial charge >= 0.3 is 5.69 Å². The molecule has 0 unspecified atom stereocenters. The molecule has 0 spiro atoms. The van der Waals surface area contributed by atoms with Gasteiger partial charge in [0.1, 0.15) is 0 Å². The van der Waals surface area contributed by atoms with Crippen molar-refractivity contribution in [3.63, 3.8) is 0 Å². The number of thiophene rings is 1. The number of aryl methyl sites for hydroxylation is 2. The number of hydrogen-bond acceptors (Lipinski definition) is 4. The summed E-state index contributed by atoms with van der Waals surface area (Å²) < 4.78 is 2.50. The Morgan fingerprint density at radius 2 is 2.23 bits per heavy atom. The van der Waals surface area contributed by atoms with Crippen molar-refractivity contribution in [2.24, 2.45) is 7.05 Å². The van der Waals surface area contributed by atoms with E-state index in [1.165, 1.54) is 9.36 Å². The van der Waals surface area contributed by atoms with Crippen molar-refractivity contribution < 1.29 is 0 Å². The summed E-state index contributed by atoms with van der Waals surface area (Å²) in [5.41, 5.74) is 0.588. The second-order valence-corrected chi connectivity index (χ2v) is 3.78. The predicted octanol–water partition coefficient (Wildman–Crippen LogP) is 0.336. The van der Waals surface area contributed by atoms with Gasteiger partial charge in [0, 0.05) is 11.9 Å². The smallest absolute Gasteiger partial charge is 0.244 e. The zero-order valence-corrected chi connectivity index (χ0v) is 8.08. The number of tetrazole rings is 1. The molecule has 0 aromatic carbocycles. The first-order valence-electron chi connectivity index (χ1n) is 3.73. The average Bonchev–Trinajstić information content (AvgIpc) is 2.62. The van der Waals surface area contributed by atoms with Gasteiger partial charge in [0.15, 0.2) is 0 Å². The standard InChI is InChI=1S/C7H8N4OS/c1-5-6(3-4-13-5)11-7(12)10(2)8-9-11/h3-4H,1-2H3. The number of hydrogen-bond donors (Lipinski definition) is 0. The van der Waals surface area contributed by atoms with E-state index in [9.17, 15) is 4.79 Å². The lowest BCUT2D eigenvalue weighted by atomic mass is 10.4. The van der Waals surface area contributed by atoms with Crippen molar-refractivity contribution in [1.82, 2.24) is 19.8 Å². The maximum atomic E-state index is 11.4. The lowest BCUT2D eigenvalue weighted by molar-refractivity contribution is 0.693. The molecule has 0 radical (unpaired) electrons. The molecule has 68 valence electrons. The van der Waals surface area contributed by atoms with Crippen molar-refractivity contribution in [2.75, 3.05) is 0 Å². The summed E-state index contributed by atoms with van der Waals surface area (Å²) in [5.74, 6) is 0. The topological polar surface area (TPSA) is 52.7 Å².